The lowest BCUT2D eigenvalue weighted by Crippen LogP contribution is -2.42. The number of methoxy groups -OCH3 is 2. The van der Waals surface area contributed by atoms with E-state index in [1.165, 1.54) is 5.01 Å². The molecule has 0 aliphatic heterocycles. The van der Waals surface area contributed by atoms with Crippen LogP contribution >= 0.6 is 11.8 Å². The molecule has 5 nitrogen and oxygen atoms in total. The molecule has 1 aromatic rings. The zero-order valence-corrected chi connectivity index (χ0v) is 13.1. The number of anilines is 1. The predicted octanol–water partition coefficient (Wildman–Crippen LogP) is 2.96. The predicted molar refractivity (Wildman–Crippen MR) is 86.3 cm³/mol. The highest BCUT2D eigenvalue weighted by Crippen LogP contribution is 2.26. The minimum absolute atomic E-state index is 0.243. The Morgan fingerprint density at radius 2 is 1.95 bits per heavy atom. The molecule has 1 amide bonds. The number of halogens is 1. The van der Waals surface area contributed by atoms with Crippen molar-refractivity contribution in [3.63, 3.8) is 0 Å². The Bertz CT molecular complexity index is 623. The van der Waals surface area contributed by atoms with Crippen molar-refractivity contribution in [3.05, 3.63) is 60.4 Å². The van der Waals surface area contributed by atoms with Gasteiger partial charge in [-0.15, -0.1) is 4.94 Å². The molecule has 22 heavy (non-hydrogen) atoms. The zero-order chi connectivity index (χ0) is 16.1. The number of hydrazine groups is 1. The molecular weight excluding hydrogens is 304 g/mol. The van der Waals surface area contributed by atoms with Crippen LogP contribution in [-0.2, 0) is 9.53 Å². The van der Waals surface area contributed by atoms with Gasteiger partial charge in [-0.3, -0.25) is 4.79 Å². The average molecular weight is 321 g/mol. The summed E-state index contributed by atoms with van der Waals surface area (Å²) in [5, 5.41) is 1.26. The summed E-state index contributed by atoms with van der Waals surface area (Å²) < 4.78 is 10.2. The van der Waals surface area contributed by atoms with E-state index in [-0.39, 0.29) is 5.91 Å². The Labute approximate surface area is 134 Å². The van der Waals surface area contributed by atoms with E-state index in [1.807, 2.05) is 0 Å². The quantitative estimate of drug-likeness (QED) is 0.669. The molecule has 116 valence electrons. The van der Waals surface area contributed by atoms with Gasteiger partial charge in [-0.2, -0.15) is 0 Å². The second kappa shape index (κ2) is 7.15. The summed E-state index contributed by atoms with van der Waals surface area (Å²) in [7, 11) is 3.14. The summed E-state index contributed by atoms with van der Waals surface area (Å²) in [5.41, 5.74) is 1.23. The maximum absolute atomic E-state index is 12.7. The lowest BCUT2D eigenvalue weighted by Gasteiger charge is -2.25. The fourth-order valence-electron chi connectivity index (χ4n) is 2.09. The highest BCUT2D eigenvalue weighted by molar-refractivity contribution is 6.17. The van der Waals surface area contributed by atoms with Crippen molar-refractivity contribution in [1.29, 1.82) is 0 Å². The standard InChI is InChI=1S/C16H17ClN2O3/c1-11-10-14(22-3)8-9-15(11)16(20)19(18-17)12-4-6-13(21-2)7-5-12/h4-10,15,18H,1H2,2-3H3. The van der Waals surface area contributed by atoms with E-state index in [0.717, 1.165) is 0 Å². The van der Waals surface area contributed by atoms with Gasteiger partial charge in [-0.25, -0.2) is 5.01 Å². The molecule has 6 heteroatoms. The fourth-order valence-corrected chi connectivity index (χ4v) is 2.27. The van der Waals surface area contributed by atoms with E-state index >= 15 is 0 Å². The van der Waals surface area contributed by atoms with Gasteiger partial charge in [0.25, 0.3) is 5.91 Å². The lowest BCUT2D eigenvalue weighted by molar-refractivity contribution is -0.120. The van der Waals surface area contributed by atoms with E-state index < -0.39 is 5.92 Å². The van der Waals surface area contributed by atoms with Crippen molar-refractivity contribution < 1.29 is 14.3 Å². The normalized spacial score (nSPS) is 17.0. The molecule has 0 fully saturated rings. The first-order valence-electron chi connectivity index (χ1n) is 6.57. The van der Waals surface area contributed by atoms with Crippen LogP contribution in [0.4, 0.5) is 5.69 Å². The molecule has 0 heterocycles. The van der Waals surface area contributed by atoms with Gasteiger partial charge in [0.15, 0.2) is 0 Å². The van der Waals surface area contributed by atoms with Crippen LogP contribution < -0.4 is 14.7 Å². The van der Waals surface area contributed by atoms with Crippen molar-refractivity contribution in [2.75, 3.05) is 19.2 Å². The molecule has 0 spiro atoms. The highest BCUT2D eigenvalue weighted by Gasteiger charge is 2.27. The molecule has 1 unspecified atom stereocenters. The number of carbonyl (C=O) groups is 1. The molecule has 2 rings (SSSR count). The monoisotopic (exact) mass is 320 g/mol. The Morgan fingerprint density at radius 1 is 1.27 bits per heavy atom. The minimum atomic E-state index is -0.507. The number of hydrogen-bond donors (Lipinski definition) is 1. The second-order valence-electron chi connectivity index (χ2n) is 4.62. The Morgan fingerprint density at radius 3 is 2.45 bits per heavy atom. The first-order chi connectivity index (χ1) is 10.6. The number of benzene rings is 1. The van der Waals surface area contributed by atoms with Crippen LogP contribution in [0.1, 0.15) is 0 Å². The number of nitrogens with zero attached hydrogens (tertiary/aromatic N) is 1. The summed E-state index contributed by atoms with van der Waals surface area (Å²) in [6.45, 7) is 3.91. The molecule has 0 bridgehead atoms. The molecule has 1 aromatic carbocycles. The SMILES string of the molecule is C=C1C=C(OC)C=CC1C(=O)N(NCl)c1ccc(OC)cc1. The number of carbonyl (C=O) groups excluding carboxylic acids is 1. The first kappa shape index (κ1) is 16.1. The largest absolute Gasteiger partial charge is 0.497 e. The van der Waals surface area contributed by atoms with Crippen molar-refractivity contribution in [2.24, 2.45) is 5.92 Å². The Balaban J connectivity index is 2.20. The molecule has 1 N–H and O–H groups in total. The fraction of sp³-hybridized carbons (Fsp3) is 0.188. The molecule has 0 saturated carbocycles. The van der Waals surface area contributed by atoms with Crippen molar-refractivity contribution >= 4 is 23.4 Å². The van der Waals surface area contributed by atoms with Crippen LogP contribution in [0, 0.1) is 5.92 Å². The Kier molecular flexibility index (Phi) is 5.25. The van der Waals surface area contributed by atoms with Crippen LogP contribution in [0.25, 0.3) is 0 Å². The van der Waals surface area contributed by atoms with Gasteiger partial charge in [-0.05, 0) is 53.8 Å². The van der Waals surface area contributed by atoms with Gasteiger partial charge in [0, 0.05) is 0 Å². The summed E-state index contributed by atoms with van der Waals surface area (Å²) in [6, 6.07) is 6.96. The molecular formula is C16H17ClN2O3. The van der Waals surface area contributed by atoms with Crippen LogP contribution in [-0.4, -0.2) is 20.1 Å². The van der Waals surface area contributed by atoms with Gasteiger partial charge in [-0.1, -0.05) is 12.7 Å². The van der Waals surface area contributed by atoms with Gasteiger partial charge < -0.3 is 9.47 Å². The number of nitrogens with one attached hydrogen (secondary N) is 1. The topological polar surface area (TPSA) is 50.8 Å². The number of rotatable bonds is 5. The van der Waals surface area contributed by atoms with E-state index in [0.29, 0.717) is 22.8 Å². The first-order valence-corrected chi connectivity index (χ1v) is 6.95. The average Bonchev–Trinajstić information content (AvgIpc) is 2.55. The number of allylic oxidation sites excluding steroid dienone is 2. The van der Waals surface area contributed by atoms with Gasteiger partial charge in [0.2, 0.25) is 0 Å². The third kappa shape index (κ3) is 3.32. The van der Waals surface area contributed by atoms with Gasteiger partial charge >= 0.3 is 0 Å². The third-order valence-corrected chi connectivity index (χ3v) is 3.49. The van der Waals surface area contributed by atoms with Crippen LogP contribution in [0.15, 0.2) is 60.4 Å². The number of hydrogen-bond acceptors (Lipinski definition) is 4. The summed E-state index contributed by atoms with van der Waals surface area (Å²) in [5.74, 6) is 0.601. The maximum Gasteiger partial charge on any atom is 0.253 e. The van der Waals surface area contributed by atoms with Crippen molar-refractivity contribution in [2.45, 2.75) is 0 Å². The Hall–Kier alpha value is -2.24. The van der Waals surface area contributed by atoms with Gasteiger partial charge in [0.1, 0.15) is 11.5 Å². The van der Waals surface area contributed by atoms with Crippen LogP contribution in [0.2, 0.25) is 0 Å². The molecule has 1 aliphatic carbocycles. The summed E-state index contributed by atoms with van der Waals surface area (Å²) in [6.07, 6.45) is 5.19. The molecule has 1 atom stereocenters. The van der Waals surface area contributed by atoms with Crippen molar-refractivity contribution in [3.8, 4) is 5.75 Å². The molecule has 0 saturated heterocycles. The smallest absolute Gasteiger partial charge is 0.253 e. The lowest BCUT2D eigenvalue weighted by atomic mass is 9.94. The summed E-state index contributed by atoms with van der Waals surface area (Å²) >= 11 is 5.72. The summed E-state index contributed by atoms with van der Waals surface area (Å²) in [4.78, 5) is 15.0. The van der Waals surface area contributed by atoms with Gasteiger partial charge in [0.05, 0.1) is 25.8 Å². The van der Waals surface area contributed by atoms with Crippen molar-refractivity contribution in [1.82, 2.24) is 4.94 Å². The molecule has 0 radical (unpaired) electrons. The van der Waals surface area contributed by atoms with E-state index in [2.05, 4.69) is 11.5 Å². The zero-order valence-electron chi connectivity index (χ0n) is 12.4. The molecule has 0 aromatic heterocycles. The van der Waals surface area contributed by atoms with E-state index in [9.17, 15) is 4.79 Å². The van der Waals surface area contributed by atoms with E-state index in [1.54, 1.807) is 56.7 Å². The molecule has 1 aliphatic rings. The minimum Gasteiger partial charge on any atom is -0.497 e. The number of amides is 1. The maximum atomic E-state index is 12.7. The van der Waals surface area contributed by atoms with Crippen LogP contribution in [0.5, 0.6) is 5.75 Å². The second-order valence-corrected chi connectivity index (χ2v) is 4.79. The van der Waals surface area contributed by atoms with E-state index in [4.69, 9.17) is 21.3 Å². The third-order valence-electron chi connectivity index (χ3n) is 3.32. The van der Waals surface area contributed by atoms with Crippen LogP contribution in [0.3, 0.4) is 0 Å². The number of ether oxygens (including phenoxy) is 2. The highest BCUT2D eigenvalue weighted by atomic mass is 35.5.